The average Bonchev–Trinajstić information content (AvgIpc) is 3.13. The molecule has 2 amide bonds. The quantitative estimate of drug-likeness (QED) is 0.691. The summed E-state index contributed by atoms with van der Waals surface area (Å²) in [7, 11) is 0. The van der Waals surface area contributed by atoms with E-state index in [9.17, 15) is 9.59 Å². The normalized spacial score (nSPS) is 15.2. The second kappa shape index (κ2) is 7.13. The number of fused-ring (bicyclic) bond motifs is 1. The van der Waals surface area contributed by atoms with Crippen molar-refractivity contribution in [2.45, 2.75) is 26.3 Å². The van der Waals surface area contributed by atoms with Crippen molar-refractivity contribution in [3.8, 4) is 11.1 Å². The summed E-state index contributed by atoms with van der Waals surface area (Å²) in [5, 5.41) is 10.8. The van der Waals surface area contributed by atoms with Gasteiger partial charge in [0.1, 0.15) is 11.9 Å². The third-order valence-corrected chi connectivity index (χ3v) is 5.23. The number of carbonyl (C=O) groups is 2. The van der Waals surface area contributed by atoms with Crippen molar-refractivity contribution in [2.75, 3.05) is 10.6 Å². The van der Waals surface area contributed by atoms with Gasteiger partial charge >= 0.3 is 0 Å². The fourth-order valence-electron chi connectivity index (χ4n) is 3.39. The zero-order valence-electron chi connectivity index (χ0n) is 15.5. The van der Waals surface area contributed by atoms with Crippen LogP contribution in [0.2, 0.25) is 5.02 Å². The number of carbonyl (C=O) groups excluding carboxylic acids is 2. The zero-order valence-corrected chi connectivity index (χ0v) is 16.2. The van der Waals surface area contributed by atoms with Crippen molar-refractivity contribution in [3.63, 3.8) is 0 Å². The van der Waals surface area contributed by atoms with E-state index in [0.717, 1.165) is 22.4 Å². The Balaban J connectivity index is 1.57. The van der Waals surface area contributed by atoms with Gasteiger partial charge in [-0.1, -0.05) is 48.0 Å². The molecule has 0 aliphatic carbocycles. The van der Waals surface area contributed by atoms with E-state index in [0.29, 0.717) is 16.5 Å². The lowest BCUT2D eigenvalue weighted by atomic mass is 10.1. The number of rotatable bonds is 4. The average molecular weight is 395 g/mol. The highest BCUT2D eigenvalue weighted by Gasteiger charge is 2.36. The van der Waals surface area contributed by atoms with Crippen molar-refractivity contribution in [2.24, 2.45) is 0 Å². The molecular formula is C21H19ClN4O2. The topological polar surface area (TPSA) is 76.0 Å². The van der Waals surface area contributed by atoms with Crippen LogP contribution in [-0.4, -0.2) is 21.6 Å². The number of halogens is 1. The minimum atomic E-state index is -0.688. The number of benzene rings is 2. The Bertz CT molecular complexity index is 1080. The first kappa shape index (κ1) is 18.3. The van der Waals surface area contributed by atoms with Crippen molar-refractivity contribution >= 4 is 34.9 Å². The van der Waals surface area contributed by atoms with Gasteiger partial charge in [0.15, 0.2) is 0 Å². The van der Waals surface area contributed by atoms with Crippen LogP contribution in [0.4, 0.5) is 11.5 Å². The van der Waals surface area contributed by atoms with Gasteiger partial charge in [-0.2, -0.15) is 5.10 Å². The summed E-state index contributed by atoms with van der Waals surface area (Å²) in [6.45, 7) is 3.79. The SMILES string of the molecule is Cc1ccc(NC(=O)CC2C(=O)Nc3c(-c4ccccc4)c(C)nn32)cc1Cl. The van der Waals surface area contributed by atoms with Crippen LogP contribution in [0.25, 0.3) is 11.1 Å². The van der Waals surface area contributed by atoms with Crippen LogP contribution in [-0.2, 0) is 9.59 Å². The fraction of sp³-hybridized carbons (Fsp3) is 0.190. The van der Waals surface area contributed by atoms with Crippen LogP contribution in [0.15, 0.2) is 48.5 Å². The molecule has 142 valence electrons. The van der Waals surface area contributed by atoms with Crippen LogP contribution in [0.5, 0.6) is 0 Å². The first-order valence-electron chi connectivity index (χ1n) is 8.95. The number of hydrogen-bond acceptors (Lipinski definition) is 3. The van der Waals surface area contributed by atoms with E-state index in [4.69, 9.17) is 11.6 Å². The minimum Gasteiger partial charge on any atom is -0.326 e. The molecule has 28 heavy (non-hydrogen) atoms. The lowest BCUT2D eigenvalue weighted by molar-refractivity contribution is -0.123. The summed E-state index contributed by atoms with van der Waals surface area (Å²) < 4.78 is 1.61. The second-order valence-corrected chi connectivity index (χ2v) is 7.25. The van der Waals surface area contributed by atoms with Gasteiger partial charge in [0.05, 0.1) is 12.1 Å². The van der Waals surface area contributed by atoms with Gasteiger partial charge in [0, 0.05) is 16.3 Å². The van der Waals surface area contributed by atoms with Gasteiger partial charge < -0.3 is 10.6 Å². The Labute approximate surface area is 167 Å². The van der Waals surface area contributed by atoms with Gasteiger partial charge in [0.25, 0.3) is 5.91 Å². The van der Waals surface area contributed by atoms with Crippen molar-refractivity contribution < 1.29 is 9.59 Å². The van der Waals surface area contributed by atoms with E-state index >= 15 is 0 Å². The van der Waals surface area contributed by atoms with Gasteiger partial charge in [-0.3, -0.25) is 9.59 Å². The number of aryl methyl sites for hydroxylation is 2. The maximum Gasteiger partial charge on any atom is 0.251 e. The molecule has 0 fully saturated rings. The second-order valence-electron chi connectivity index (χ2n) is 6.84. The molecule has 0 radical (unpaired) electrons. The number of anilines is 2. The Morgan fingerprint density at radius 3 is 2.68 bits per heavy atom. The molecule has 0 bridgehead atoms. The van der Waals surface area contributed by atoms with E-state index in [1.54, 1.807) is 16.8 Å². The Hall–Kier alpha value is -3.12. The van der Waals surface area contributed by atoms with Gasteiger partial charge in [0.2, 0.25) is 5.91 Å². The molecule has 4 rings (SSSR count). The standard InChI is InChI=1S/C21H19ClN4O2/c1-12-8-9-15(10-16(12)22)23-18(27)11-17-21(28)24-20-19(13(2)25-26(17)20)14-6-4-3-5-7-14/h3-10,17H,11H2,1-2H3,(H,23,27)(H,24,28). The Kier molecular flexibility index (Phi) is 4.65. The molecule has 1 aliphatic heterocycles. The molecule has 0 saturated carbocycles. The first-order chi connectivity index (χ1) is 13.4. The highest BCUT2D eigenvalue weighted by Crippen LogP contribution is 2.38. The molecule has 0 saturated heterocycles. The number of nitrogens with one attached hydrogen (secondary N) is 2. The molecule has 2 N–H and O–H groups in total. The number of nitrogens with zero attached hydrogens (tertiary/aromatic N) is 2. The first-order valence-corrected chi connectivity index (χ1v) is 9.33. The van der Waals surface area contributed by atoms with E-state index < -0.39 is 6.04 Å². The summed E-state index contributed by atoms with van der Waals surface area (Å²) >= 11 is 6.11. The molecule has 1 aliphatic rings. The van der Waals surface area contributed by atoms with E-state index in [1.165, 1.54) is 0 Å². The molecule has 3 aromatic rings. The molecule has 0 spiro atoms. The maximum absolute atomic E-state index is 12.5. The molecule has 1 unspecified atom stereocenters. The molecule has 1 aromatic heterocycles. The number of hydrogen-bond donors (Lipinski definition) is 2. The zero-order chi connectivity index (χ0) is 19.8. The molecule has 6 nitrogen and oxygen atoms in total. The van der Waals surface area contributed by atoms with Crippen LogP contribution in [0.1, 0.15) is 23.7 Å². The summed E-state index contributed by atoms with van der Waals surface area (Å²) in [4.78, 5) is 25.0. The van der Waals surface area contributed by atoms with Crippen LogP contribution in [0, 0.1) is 13.8 Å². The fourth-order valence-corrected chi connectivity index (χ4v) is 3.57. The van der Waals surface area contributed by atoms with Crippen LogP contribution < -0.4 is 10.6 Å². The summed E-state index contributed by atoms with van der Waals surface area (Å²) in [5.74, 6) is 0.115. The predicted octanol–water partition coefficient (Wildman–Crippen LogP) is 4.34. The molecule has 1 atom stereocenters. The van der Waals surface area contributed by atoms with E-state index in [-0.39, 0.29) is 18.2 Å². The van der Waals surface area contributed by atoms with Gasteiger partial charge in [-0.25, -0.2) is 4.68 Å². The monoisotopic (exact) mass is 394 g/mol. The van der Waals surface area contributed by atoms with Crippen LogP contribution >= 0.6 is 11.6 Å². The maximum atomic E-state index is 12.5. The molecule has 2 heterocycles. The largest absolute Gasteiger partial charge is 0.326 e. The van der Waals surface area contributed by atoms with Crippen molar-refractivity contribution in [1.82, 2.24) is 9.78 Å². The smallest absolute Gasteiger partial charge is 0.251 e. The lowest BCUT2D eigenvalue weighted by Crippen LogP contribution is -2.23. The highest BCUT2D eigenvalue weighted by atomic mass is 35.5. The Morgan fingerprint density at radius 1 is 1.21 bits per heavy atom. The Morgan fingerprint density at radius 2 is 1.96 bits per heavy atom. The summed E-state index contributed by atoms with van der Waals surface area (Å²) in [6, 6.07) is 14.4. The third-order valence-electron chi connectivity index (χ3n) is 4.82. The van der Waals surface area contributed by atoms with Gasteiger partial charge in [-0.05, 0) is 37.1 Å². The van der Waals surface area contributed by atoms with Crippen molar-refractivity contribution in [1.29, 1.82) is 0 Å². The minimum absolute atomic E-state index is 0.0142. The van der Waals surface area contributed by atoms with Gasteiger partial charge in [-0.15, -0.1) is 0 Å². The lowest BCUT2D eigenvalue weighted by Gasteiger charge is -2.10. The predicted molar refractivity (Wildman–Crippen MR) is 110 cm³/mol. The van der Waals surface area contributed by atoms with E-state index in [2.05, 4.69) is 15.7 Å². The number of amides is 2. The molecular weight excluding hydrogens is 376 g/mol. The number of aromatic nitrogens is 2. The van der Waals surface area contributed by atoms with Crippen molar-refractivity contribution in [3.05, 3.63) is 64.8 Å². The molecule has 2 aromatic carbocycles. The highest BCUT2D eigenvalue weighted by molar-refractivity contribution is 6.31. The third kappa shape index (κ3) is 3.27. The molecule has 7 heteroatoms. The van der Waals surface area contributed by atoms with Crippen LogP contribution in [0.3, 0.4) is 0 Å². The summed E-state index contributed by atoms with van der Waals surface area (Å²) in [5.41, 5.74) is 4.18. The van der Waals surface area contributed by atoms with E-state index in [1.807, 2.05) is 50.2 Å². The summed E-state index contributed by atoms with van der Waals surface area (Å²) in [6.07, 6.45) is -0.0142.